The van der Waals surface area contributed by atoms with Gasteiger partial charge in [0, 0.05) is 23.9 Å². The van der Waals surface area contributed by atoms with Crippen molar-refractivity contribution in [1.29, 1.82) is 0 Å². The van der Waals surface area contributed by atoms with E-state index < -0.39 is 8.32 Å². The highest BCUT2D eigenvalue weighted by molar-refractivity contribution is 7.13. The molecule has 33 heavy (non-hydrogen) atoms. The lowest BCUT2D eigenvalue weighted by molar-refractivity contribution is -0.120. The molecule has 0 spiro atoms. The number of hydrogen-bond acceptors (Lipinski definition) is 4. The zero-order valence-corrected chi connectivity index (χ0v) is 23.0. The number of ketones is 1. The minimum atomic E-state index is -1.99. The van der Waals surface area contributed by atoms with E-state index in [2.05, 4.69) is 95.3 Å². The van der Waals surface area contributed by atoms with Crippen LogP contribution < -0.4 is 4.43 Å². The van der Waals surface area contributed by atoms with Gasteiger partial charge in [-0.25, -0.2) is 0 Å². The van der Waals surface area contributed by atoms with Crippen molar-refractivity contribution in [1.82, 2.24) is 4.37 Å². The third kappa shape index (κ3) is 5.57. The van der Waals surface area contributed by atoms with E-state index in [1.807, 2.05) is 6.20 Å². The molecule has 0 aliphatic carbocycles. The molecular formula is C28H39NO2SSi. The molecule has 3 nitrogen and oxygen atoms in total. The summed E-state index contributed by atoms with van der Waals surface area (Å²) >= 11 is 1.48. The molecule has 5 heteroatoms. The highest BCUT2D eigenvalue weighted by Crippen LogP contribution is 2.43. The summed E-state index contributed by atoms with van der Waals surface area (Å²) in [5, 5.41) is 1.14. The summed E-state index contributed by atoms with van der Waals surface area (Å²) in [6.07, 6.45) is 4.18. The molecule has 178 valence electrons. The molecule has 0 amide bonds. The fraction of sp³-hybridized carbons (Fsp3) is 0.500. The fourth-order valence-corrected chi connectivity index (χ4v) is 11.4. The normalized spacial score (nSPS) is 13.3. The number of nitrogens with zero attached hydrogens (tertiary/aromatic N) is 1. The Kier molecular flexibility index (Phi) is 8.52. The number of Topliss-reactive ketones (excluding diaryl/α,β-unsaturated/α-hetero) is 1. The Morgan fingerprint density at radius 3 is 2.18 bits per heavy atom. The lowest BCUT2D eigenvalue weighted by Crippen LogP contribution is -2.50. The first kappa shape index (κ1) is 25.6. The molecule has 1 unspecified atom stereocenters. The van der Waals surface area contributed by atoms with Gasteiger partial charge in [0.2, 0.25) is 0 Å². The minimum absolute atomic E-state index is 0.0801. The maximum Gasteiger partial charge on any atom is 0.258 e. The first-order valence-electron chi connectivity index (χ1n) is 12.3. The molecule has 0 radical (unpaired) electrons. The number of fused-ring (bicyclic) bond motifs is 1. The third-order valence-corrected chi connectivity index (χ3v) is 13.8. The molecule has 1 heterocycles. The Morgan fingerprint density at radius 1 is 0.970 bits per heavy atom. The van der Waals surface area contributed by atoms with Crippen LogP contribution in [0.4, 0.5) is 0 Å². The summed E-state index contributed by atoms with van der Waals surface area (Å²) < 4.78 is 12.2. The monoisotopic (exact) mass is 481 g/mol. The summed E-state index contributed by atoms with van der Waals surface area (Å²) in [6, 6.07) is 14.6. The van der Waals surface area contributed by atoms with Gasteiger partial charge in [-0.15, -0.1) is 0 Å². The molecule has 1 atom stereocenters. The highest BCUT2D eigenvalue weighted by atomic mass is 32.1. The van der Waals surface area contributed by atoms with Gasteiger partial charge in [-0.3, -0.25) is 4.79 Å². The van der Waals surface area contributed by atoms with E-state index >= 15 is 0 Å². The van der Waals surface area contributed by atoms with Gasteiger partial charge in [0.1, 0.15) is 11.5 Å². The molecule has 0 aliphatic heterocycles. The van der Waals surface area contributed by atoms with Crippen molar-refractivity contribution in [3.63, 3.8) is 0 Å². The number of carbonyl (C=O) groups is 1. The first-order valence-corrected chi connectivity index (χ1v) is 15.2. The number of carbonyl (C=O) groups excluding carboxylic acids is 1. The van der Waals surface area contributed by atoms with Gasteiger partial charge in [0.05, 0.1) is 4.70 Å². The molecule has 0 bridgehead atoms. The van der Waals surface area contributed by atoms with Gasteiger partial charge < -0.3 is 4.43 Å². The van der Waals surface area contributed by atoms with Crippen LogP contribution in [-0.2, 0) is 11.2 Å². The summed E-state index contributed by atoms with van der Waals surface area (Å²) in [5.74, 6) is 1.15. The van der Waals surface area contributed by atoms with Crippen molar-refractivity contribution in [3.05, 3.63) is 59.8 Å². The van der Waals surface area contributed by atoms with E-state index in [0.717, 1.165) is 39.8 Å². The van der Waals surface area contributed by atoms with Crippen LogP contribution in [0.3, 0.4) is 0 Å². The Bertz CT molecular complexity index is 1030. The maximum absolute atomic E-state index is 13.3. The molecule has 0 aliphatic rings. The van der Waals surface area contributed by atoms with Crippen molar-refractivity contribution in [2.24, 2.45) is 0 Å². The highest BCUT2D eigenvalue weighted by Gasteiger charge is 2.47. The van der Waals surface area contributed by atoms with Crippen molar-refractivity contribution >= 4 is 35.7 Å². The summed E-state index contributed by atoms with van der Waals surface area (Å²) in [4.78, 5) is 13.3. The molecule has 0 N–H and O–H groups in total. The van der Waals surface area contributed by atoms with E-state index in [9.17, 15) is 4.79 Å². The number of aromatic nitrogens is 1. The predicted molar refractivity (Wildman–Crippen MR) is 144 cm³/mol. The fourth-order valence-electron chi connectivity index (χ4n) is 5.47. The maximum atomic E-state index is 13.3. The quantitative estimate of drug-likeness (QED) is 0.257. The van der Waals surface area contributed by atoms with Gasteiger partial charge in [0.25, 0.3) is 8.32 Å². The molecule has 0 fully saturated rings. The standard InChI is InChI=1S/C28H39NO2SSi/c1-8-9-26(27(30)16-22-10-11-24-18-29-32-28(24)17-22)23-12-14-25(15-13-23)31-33(19(2)3,20(4)5)21(6)7/h10-15,17-21,26H,8-9,16H2,1-7H3. The van der Waals surface area contributed by atoms with Crippen LogP contribution in [0.5, 0.6) is 5.75 Å². The smallest absolute Gasteiger partial charge is 0.258 e. The number of hydrogen-bond donors (Lipinski definition) is 0. The zero-order chi connectivity index (χ0) is 24.2. The number of benzene rings is 2. The van der Waals surface area contributed by atoms with Gasteiger partial charge >= 0.3 is 0 Å². The van der Waals surface area contributed by atoms with Crippen LogP contribution in [-0.4, -0.2) is 18.5 Å². The van der Waals surface area contributed by atoms with Crippen LogP contribution in [0.2, 0.25) is 16.6 Å². The first-order chi connectivity index (χ1) is 15.7. The summed E-state index contributed by atoms with van der Waals surface area (Å²) in [7, 11) is -1.99. The van der Waals surface area contributed by atoms with Crippen LogP contribution in [0.25, 0.3) is 10.1 Å². The minimum Gasteiger partial charge on any atom is -0.543 e. The van der Waals surface area contributed by atoms with E-state index in [-0.39, 0.29) is 11.7 Å². The second-order valence-electron chi connectivity index (χ2n) is 10.2. The average molecular weight is 482 g/mol. The Labute approximate surface area is 204 Å². The Hall–Kier alpha value is -1.98. The summed E-state index contributed by atoms with van der Waals surface area (Å²) in [6.45, 7) is 16.0. The molecule has 0 saturated carbocycles. The largest absolute Gasteiger partial charge is 0.543 e. The molecule has 2 aromatic carbocycles. The third-order valence-electron chi connectivity index (χ3n) is 7.05. The van der Waals surface area contributed by atoms with Crippen molar-refractivity contribution in [2.45, 2.75) is 90.3 Å². The number of rotatable bonds is 11. The van der Waals surface area contributed by atoms with Gasteiger partial charge in [-0.05, 0) is 63.9 Å². The predicted octanol–water partition coefficient (Wildman–Crippen LogP) is 8.55. The molecular weight excluding hydrogens is 442 g/mol. The Balaban J connectivity index is 1.80. The van der Waals surface area contributed by atoms with Gasteiger partial charge in [-0.2, -0.15) is 4.37 Å². The van der Waals surface area contributed by atoms with E-state index in [4.69, 9.17) is 4.43 Å². The molecule has 3 rings (SSSR count). The second-order valence-corrected chi connectivity index (χ2v) is 16.4. The molecule has 0 saturated heterocycles. The van der Waals surface area contributed by atoms with Gasteiger partial charge in [0.15, 0.2) is 0 Å². The topological polar surface area (TPSA) is 39.2 Å². The van der Waals surface area contributed by atoms with Crippen molar-refractivity contribution in [2.75, 3.05) is 0 Å². The van der Waals surface area contributed by atoms with Crippen LogP contribution >= 0.6 is 11.5 Å². The summed E-state index contributed by atoms with van der Waals surface area (Å²) in [5.41, 5.74) is 3.76. The lowest BCUT2D eigenvalue weighted by Gasteiger charge is -2.42. The van der Waals surface area contributed by atoms with E-state index in [1.54, 1.807) is 0 Å². The second kappa shape index (κ2) is 11.0. The van der Waals surface area contributed by atoms with Crippen molar-refractivity contribution in [3.8, 4) is 5.75 Å². The Morgan fingerprint density at radius 2 is 1.61 bits per heavy atom. The van der Waals surface area contributed by atoms with E-state index in [1.165, 1.54) is 11.5 Å². The lowest BCUT2D eigenvalue weighted by atomic mass is 9.87. The van der Waals surface area contributed by atoms with Crippen LogP contribution in [0, 0.1) is 0 Å². The van der Waals surface area contributed by atoms with Crippen LogP contribution in [0.1, 0.15) is 78.4 Å². The average Bonchev–Trinajstić information content (AvgIpc) is 3.23. The van der Waals surface area contributed by atoms with Crippen LogP contribution in [0.15, 0.2) is 48.7 Å². The molecule has 1 aromatic heterocycles. The zero-order valence-electron chi connectivity index (χ0n) is 21.2. The SMILES string of the molecule is CCCC(C(=O)Cc1ccc2cnsc2c1)c1ccc(O[Si](C(C)C)(C(C)C)C(C)C)cc1. The van der Waals surface area contributed by atoms with Crippen molar-refractivity contribution < 1.29 is 9.22 Å². The molecule has 3 aromatic rings. The van der Waals surface area contributed by atoms with Gasteiger partial charge in [-0.1, -0.05) is 79.2 Å². The van der Waals surface area contributed by atoms with E-state index in [0.29, 0.717) is 23.0 Å².